The number of urea groups is 1. The van der Waals surface area contributed by atoms with E-state index < -0.39 is 5.91 Å². The molecule has 0 aliphatic heterocycles. The molecule has 4 N–H and O–H groups in total. The van der Waals surface area contributed by atoms with Gasteiger partial charge in [0.2, 0.25) is 5.91 Å². The predicted octanol–water partition coefficient (Wildman–Crippen LogP) is 1.68. The minimum Gasteiger partial charge on any atom is -0.366 e. The van der Waals surface area contributed by atoms with Gasteiger partial charge >= 0.3 is 6.03 Å². The van der Waals surface area contributed by atoms with Crippen molar-refractivity contribution < 1.29 is 9.59 Å². The van der Waals surface area contributed by atoms with E-state index in [2.05, 4.69) is 22.5 Å². The molecule has 0 aliphatic rings. The van der Waals surface area contributed by atoms with Gasteiger partial charge in [0.1, 0.15) is 0 Å². The lowest BCUT2D eigenvalue weighted by Gasteiger charge is -2.05. The standard InChI is InChI=1S/C19H19N3O2/c20-18(23)17-10-8-16(9-11-17)7-4-13-21-19(24)22-14-12-15-5-2-1-3-6-15/h1-3,5-6,8-11H,12-14H2,(H2,20,23)(H2,21,22,24). The van der Waals surface area contributed by atoms with E-state index in [9.17, 15) is 9.59 Å². The van der Waals surface area contributed by atoms with Crippen LogP contribution >= 0.6 is 0 Å². The van der Waals surface area contributed by atoms with Crippen LogP contribution in [-0.2, 0) is 6.42 Å². The van der Waals surface area contributed by atoms with Crippen molar-refractivity contribution in [2.24, 2.45) is 5.73 Å². The highest BCUT2D eigenvalue weighted by Crippen LogP contribution is 2.02. The van der Waals surface area contributed by atoms with Crippen LogP contribution in [0.15, 0.2) is 54.6 Å². The number of hydrogen-bond donors (Lipinski definition) is 3. The van der Waals surface area contributed by atoms with Gasteiger partial charge in [-0.25, -0.2) is 4.79 Å². The summed E-state index contributed by atoms with van der Waals surface area (Å²) in [4.78, 5) is 22.6. The fraction of sp³-hybridized carbons (Fsp3) is 0.158. The summed E-state index contributed by atoms with van der Waals surface area (Å²) in [5, 5.41) is 5.45. The van der Waals surface area contributed by atoms with Gasteiger partial charge in [-0.1, -0.05) is 42.2 Å². The lowest BCUT2D eigenvalue weighted by atomic mass is 10.1. The second-order valence-corrected chi connectivity index (χ2v) is 5.09. The van der Waals surface area contributed by atoms with Crippen molar-refractivity contribution in [1.82, 2.24) is 10.6 Å². The van der Waals surface area contributed by atoms with Crippen molar-refractivity contribution in [3.8, 4) is 11.8 Å². The Morgan fingerprint density at radius 2 is 1.67 bits per heavy atom. The minimum absolute atomic E-state index is 0.245. The number of primary amides is 1. The van der Waals surface area contributed by atoms with Gasteiger partial charge in [0.15, 0.2) is 0 Å². The SMILES string of the molecule is NC(=O)c1ccc(C#CCNC(=O)NCCc2ccccc2)cc1. The van der Waals surface area contributed by atoms with Crippen molar-refractivity contribution in [2.75, 3.05) is 13.1 Å². The number of carbonyl (C=O) groups is 2. The fourth-order valence-corrected chi connectivity index (χ4v) is 2.02. The molecule has 0 spiro atoms. The van der Waals surface area contributed by atoms with Crippen molar-refractivity contribution in [3.63, 3.8) is 0 Å². The first kappa shape index (κ1) is 17.1. The number of hydrogen-bond acceptors (Lipinski definition) is 2. The molecule has 0 fully saturated rings. The summed E-state index contributed by atoms with van der Waals surface area (Å²) in [5.74, 6) is 5.29. The molecule has 5 heteroatoms. The maximum Gasteiger partial charge on any atom is 0.315 e. The molecule has 0 aromatic heterocycles. The molecule has 2 aromatic rings. The molecule has 24 heavy (non-hydrogen) atoms. The summed E-state index contributed by atoms with van der Waals surface area (Å²) in [7, 11) is 0. The number of carbonyl (C=O) groups excluding carboxylic acids is 2. The number of nitrogens with one attached hydrogen (secondary N) is 2. The van der Waals surface area contributed by atoms with Gasteiger partial charge in [-0.15, -0.1) is 0 Å². The van der Waals surface area contributed by atoms with Gasteiger partial charge in [-0.05, 0) is 36.2 Å². The summed E-state index contributed by atoms with van der Waals surface area (Å²) in [5.41, 5.74) is 7.54. The van der Waals surface area contributed by atoms with E-state index >= 15 is 0 Å². The van der Waals surface area contributed by atoms with E-state index in [1.54, 1.807) is 24.3 Å². The first-order valence-corrected chi connectivity index (χ1v) is 7.59. The summed E-state index contributed by atoms with van der Waals surface area (Å²) in [6, 6.07) is 16.4. The second kappa shape index (κ2) is 9.01. The van der Waals surface area contributed by atoms with Crippen LogP contribution in [-0.4, -0.2) is 25.0 Å². The number of nitrogens with two attached hydrogens (primary N) is 1. The second-order valence-electron chi connectivity index (χ2n) is 5.09. The zero-order chi connectivity index (χ0) is 17.2. The van der Waals surface area contributed by atoms with Gasteiger partial charge in [0.25, 0.3) is 0 Å². The van der Waals surface area contributed by atoms with E-state index in [1.807, 2.05) is 30.3 Å². The van der Waals surface area contributed by atoms with Crippen molar-refractivity contribution in [3.05, 3.63) is 71.3 Å². The molecular formula is C19H19N3O2. The Morgan fingerprint density at radius 1 is 0.958 bits per heavy atom. The van der Waals surface area contributed by atoms with Crippen LogP contribution in [0.5, 0.6) is 0 Å². The third-order valence-corrected chi connectivity index (χ3v) is 3.28. The highest BCUT2D eigenvalue weighted by atomic mass is 16.2. The van der Waals surface area contributed by atoms with Crippen molar-refractivity contribution >= 4 is 11.9 Å². The van der Waals surface area contributed by atoms with Crippen LogP contribution in [0.25, 0.3) is 0 Å². The Kier molecular flexibility index (Phi) is 6.42. The molecule has 5 nitrogen and oxygen atoms in total. The topological polar surface area (TPSA) is 84.2 Å². The molecule has 0 unspecified atom stereocenters. The maximum atomic E-state index is 11.6. The fourth-order valence-electron chi connectivity index (χ4n) is 2.02. The Bertz CT molecular complexity index is 744. The van der Waals surface area contributed by atoms with Crippen LogP contribution < -0.4 is 16.4 Å². The molecule has 0 heterocycles. The Morgan fingerprint density at radius 3 is 2.33 bits per heavy atom. The number of rotatable bonds is 5. The molecule has 3 amide bonds. The minimum atomic E-state index is -0.469. The van der Waals surface area contributed by atoms with Crippen molar-refractivity contribution in [1.29, 1.82) is 0 Å². The Labute approximate surface area is 141 Å². The van der Waals surface area contributed by atoms with Gasteiger partial charge in [0.05, 0.1) is 6.54 Å². The molecule has 122 valence electrons. The van der Waals surface area contributed by atoms with Gasteiger partial charge < -0.3 is 16.4 Å². The van der Waals surface area contributed by atoms with Crippen LogP contribution in [0.1, 0.15) is 21.5 Å². The lowest BCUT2D eigenvalue weighted by molar-refractivity contribution is 0.100. The highest BCUT2D eigenvalue weighted by Gasteiger charge is 1.99. The highest BCUT2D eigenvalue weighted by molar-refractivity contribution is 5.92. The average molecular weight is 321 g/mol. The monoisotopic (exact) mass is 321 g/mol. The van der Waals surface area contributed by atoms with Gasteiger partial charge in [-0.3, -0.25) is 4.79 Å². The molecule has 0 bridgehead atoms. The van der Waals surface area contributed by atoms with E-state index in [0.29, 0.717) is 12.1 Å². The summed E-state index contributed by atoms with van der Waals surface area (Å²) < 4.78 is 0. The summed E-state index contributed by atoms with van der Waals surface area (Å²) in [6.45, 7) is 0.812. The summed E-state index contributed by atoms with van der Waals surface area (Å²) in [6.07, 6.45) is 0.784. The zero-order valence-electron chi connectivity index (χ0n) is 13.2. The predicted molar refractivity (Wildman–Crippen MR) is 93.4 cm³/mol. The van der Waals surface area contributed by atoms with E-state index in [-0.39, 0.29) is 12.6 Å². The lowest BCUT2D eigenvalue weighted by Crippen LogP contribution is -2.36. The Balaban J connectivity index is 1.68. The third kappa shape index (κ3) is 5.85. The van der Waals surface area contributed by atoms with Crippen molar-refractivity contribution in [2.45, 2.75) is 6.42 Å². The molecule has 0 radical (unpaired) electrons. The number of benzene rings is 2. The first-order valence-electron chi connectivity index (χ1n) is 7.59. The number of amides is 3. The quantitative estimate of drug-likeness (QED) is 0.732. The molecule has 0 aliphatic carbocycles. The van der Waals surface area contributed by atoms with Gasteiger partial charge in [-0.2, -0.15) is 0 Å². The van der Waals surface area contributed by atoms with E-state index in [1.165, 1.54) is 5.56 Å². The largest absolute Gasteiger partial charge is 0.366 e. The zero-order valence-corrected chi connectivity index (χ0v) is 13.2. The molecule has 2 aromatic carbocycles. The summed E-state index contributed by atoms with van der Waals surface area (Å²) >= 11 is 0. The van der Waals surface area contributed by atoms with Crippen LogP contribution in [0.3, 0.4) is 0 Å². The molecule has 0 saturated carbocycles. The van der Waals surface area contributed by atoms with E-state index in [0.717, 1.165) is 12.0 Å². The first-order chi connectivity index (χ1) is 11.6. The normalized spacial score (nSPS) is 9.50. The van der Waals surface area contributed by atoms with Crippen LogP contribution in [0.4, 0.5) is 4.79 Å². The molecule has 0 saturated heterocycles. The smallest absolute Gasteiger partial charge is 0.315 e. The molecule has 0 atom stereocenters. The van der Waals surface area contributed by atoms with Crippen LogP contribution in [0, 0.1) is 11.8 Å². The molecular weight excluding hydrogens is 302 g/mol. The maximum absolute atomic E-state index is 11.6. The average Bonchev–Trinajstić information content (AvgIpc) is 2.60. The van der Waals surface area contributed by atoms with E-state index in [4.69, 9.17) is 5.73 Å². The Hall–Kier alpha value is -3.26. The van der Waals surface area contributed by atoms with Gasteiger partial charge in [0, 0.05) is 17.7 Å². The molecule has 2 rings (SSSR count). The third-order valence-electron chi connectivity index (χ3n) is 3.28. The van der Waals surface area contributed by atoms with Crippen LogP contribution in [0.2, 0.25) is 0 Å².